The summed E-state index contributed by atoms with van der Waals surface area (Å²) in [5.74, 6) is 1.49. The molecule has 0 bridgehead atoms. The van der Waals surface area contributed by atoms with E-state index >= 15 is 0 Å². The fraction of sp³-hybridized carbons (Fsp3) is 0.0328. The molecule has 1 spiro atoms. The molecule has 1 unspecified atom stereocenters. The Kier molecular flexibility index (Phi) is 10.7. The van der Waals surface area contributed by atoms with E-state index in [0.29, 0.717) is 5.84 Å². The topological polar surface area (TPSA) is 75.4 Å². The first-order valence-corrected chi connectivity index (χ1v) is 23.6. The van der Waals surface area contributed by atoms with Crippen molar-refractivity contribution in [2.45, 2.75) is 16.5 Å². The Morgan fingerprint density at radius 1 is 0.485 bits per heavy atom. The zero-order valence-corrected chi connectivity index (χ0v) is 37.6. The van der Waals surface area contributed by atoms with Gasteiger partial charge in [-0.2, -0.15) is 0 Å². The van der Waals surface area contributed by atoms with E-state index < -0.39 is 5.41 Å². The minimum atomic E-state index is -0.558. The van der Waals surface area contributed by atoms with Gasteiger partial charge in [-0.3, -0.25) is 9.97 Å². The van der Waals surface area contributed by atoms with E-state index in [1.54, 1.807) is 24.2 Å². The molecule has 0 radical (unpaired) electrons. The number of amidine groups is 2. The second-order valence-electron chi connectivity index (χ2n) is 16.9. The summed E-state index contributed by atoms with van der Waals surface area (Å²) in [6.45, 7) is 0. The molecule has 0 saturated heterocycles. The molecule has 0 saturated carbocycles. The van der Waals surface area contributed by atoms with Crippen LogP contribution >= 0.6 is 11.8 Å². The van der Waals surface area contributed by atoms with Crippen molar-refractivity contribution in [2.24, 2.45) is 9.98 Å². The predicted molar refractivity (Wildman–Crippen MR) is 278 cm³/mol. The second kappa shape index (κ2) is 17.7. The number of allylic oxidation sites excluding steroid dienone is 5. The zero-order chi connectivity index (χ0) is 45.3. The molecule has 12 rings (SSSR count). The number of hydrogen-bond acceptors (Lipinski definition) is 7. The van der Waals surface area contributed by atoms with E-state index in [-0.39, 0.29) is 6.17 Å². The molecular formula is C61H42N6S. The molecule has 3 aromatic heterocycles. The van der Waals surface area contributed by atoms with Crippen LogP contribution in [0.4, 0.5) is 0 Å². The highest BCUT2D eigenvalue weighted by atomic mass is 32.2. The van der Waals surface area contributed by atoms with Gasteiger partial charge < -0.3 is 5.32 Å². The van der Waals surface area contributed by atoms with Crippen molar-refractivity contribution >= 4 is 29.0 Å². The van der Waals surface area contributed by atoms with Crippen LogP contribution in [-0.2, 0) is 5.41 Å². The Morgan fingerprint density at radius 3 is 1.74 bits per heavy atom. The maximum absolute atomic E-state index is 5.26. The van der Waals surface area contributed by atoms with E-state index in [1.165, 1.54) is 27.8 Å². The molecule has 322 valence electrons. The third kappa shape index (κ3) is 7.59. The number of nitrogens with zero attached hydrogens (tertiary/aromatic N) is 5. The number of aromatic nitrogens is 3. The van der Waals surface area contributed by atoms with Crippen LogP contribution in [0.5, 0.6) is 0 Å². The highest BCUT2D eigenvalue weighted by Crippen LogP contribution is 2.55. The van der Waals surface area contributed by atoms with Gasteiger partial charge in [-0.1, -0.05) is 188 Å². The summed E-state index contributed by atoms with van der Waals surface area (Å²) in [5.41, 5.74) is 16.3. The molecule has 7 heteroatoms. The highest BCUT2D eigenvalue weighted by molar-refractivity contribution is 8.02. The molecule has 3 aliphatic rings. The van der Waals surface area contributed by atoms with Gasteiger partial charge in [0.1, 0.15) is 12.0 Å². The normalized spacial score (nSPS) is 17.2. The summed E-state index contributed by atoms with van der Waals surface area (Å²) < 4.78 is 0. The molecular weight excluding hydrogens is 849 g/mol. The van der Waals surface area contributed by atoms with Gasteiger partial charge in [0.25, 0.3) is 0 Å². The van der Waals surface area contributed by atoms with Gasteiger partial charge in [0.2, 0.25) is 0 Å². The van der Waals surface area contributed by atoms with E-state index in [9.17, 15) is 0 Å². The van der Waals surface area contributed by atoms with Gasteiger partial charge in [-0.15, -0.1) is 0 Å². The van der Waals surface area contributed by atoms with Crippen LogP contribution in [0.15, 0.2) is 257 Å². The van der Waals surface area contributed by atoms with Gasteiger partial charge in [-0.05, 0) is 110 Å². The van der Waals surface area contributed by atoms with E-state index in [1.807, 2.05) is 72.8 Å². The lowest BCUT2D eigenvalue weighted by Gasteiger charge is -2.32. The lowest BCUT2D eigenvalue weighted by Crippen LogP contribution is -2.33. The van der Waals surface area contributed by atoms with Crippen LogP contribution in [0, 0.1) is 0 Å². The monoisotopic (exact) mass is 890 g/mol. The molecule has 0 amide bonds. The molecule has 6 aromatic carbocycles. The first-order chi connectivity index (χ1) is 33.7. The summed E-state index contributed by atoms with van der Waals surface area (Å²) in [6, 6.07) is 70.0. The number of aliphatic imine (C=N–C) groups is 2. The number of thioether (sulfide) groups is 1. The molecule has 1 atom stereocenters. The Hall–Kier alpha value is -8.52. The average molecular weight is 891 g/mol. The number of rotatable bonds is 7. The summed E-state index contributed by atoms with van der Waals surface area (Å²) in [6.07, 6.45) is 12.4. The number of pyridine rings is 3. The summed E-state index contributed by atoms with van der Waals surface area (Å²) in [7, 11) is 0. The predicted octanol–water partition coefficient (Wildman–Crippen LogP) is 13.9. The van der Waals surface area contributed by atoms with Crippen LogP contribution in [0.3, 0.4) is 0 Å². The maximum Gasteiger partial charge on any atom is 0.159 e. The third-order valence-corrected chi connectivity index (χ3v) is 13.7. The average Bonchev–Trinajstić information content (AvgIpc) is 3.71. The largest absolute Gasteiger partial charge is 0.344 e. The van der Waals surface area contributed by atoms with Gasteiger partial charge in [-0.25, -0.2) is 15.0 Å². The van der Waals surface area contributed by atoms with Crippen LogP contribution in [0.2, 0.25) is 0 Å². The first-order valence-electron chi connectivity index (χ1n) is 22.7. The quantitative estimate of drug-likeness (QED) is 0.173. The zero-order valence-electron chi connectivity index (χ0n) is 36.8. The van der Waals surface area contributed by atoms with Gasteiger partial charge in [0.05, 0.1) is 28.2 Å². The number of fused-ring (bicyclic) bond motifs is 7. The molecule has 68 heavy (non-hydrogen) atoms. The molecule has 0 fully saturated rings. The van der Waals surface area contributed by atoms with Crippen molar-refractivity contribution in [2.75, 3.05) is 0 Å². The molecule has 2 aliphatic heterocycles. The summed E-state index contributed by atoms with van der Waals surface area (Å²) >= 11 is 1.75. The van der Waals surface area contributed by atoms with Crippen LogP contribution < -0.4 is 5.32 Å². The molecule has 9 aromatic rings. The van der Waals surface area contributed by atoms with Crippen molar-refractivity contribution in [3.05, 3.63) is 281 Å². The standard InChI is InChI=1S/C61H42N6S/c1-3-16-44(17-4-1)58-65-59(45-18-5-2-6-19-45)67-60(66-58)46-31-32-52-57(40-46)68-37-33-41(20-15-34-61(52)50-23-9-7-21-48(50)49-22-8-10-24-51(49)61)42-27-29-43(30-28-42)47-38-55(53-25-11-13-35-62-53)64-56(39-47)54-26-12-14-36-63-54/h1-40,60H,(H,65,66,67)/b34-15+,37-33+,41-20+. The maximum atomic E-state index is 5.26. The third-order valence-electron chi connectivity index (χ3n) is 12.9. The number of nitrogens with one attached hydrogen (secondary N) is 1. The Labute approximate surface area is 400 Å². The second-order valence-corrected chi connectivity index (χ2v) is 17.8. The molecule has 1 N–H and O–H groups in total. The lowest BCUT2D eigenvalue weighted by molar-refractivity contribution is 0.669. The van der Waals surface area contributed by atoms with Gasteiger partial charge >= 0.3 is 0 Å². The Bertz CT molecular complexity index is 3390. The molecule has 1 aliphatic carbocycles. The van der Waals surface area contributed by atoms with Crippen LogP contribution in [-0.4, -0.2) is 26.6 Å². The van der Waals surface area contributed by atoms with Crippen molar-refractivity contribution in [1.29, 1.82) is 0 Å². The van der Waals surface area contributed by atoms with Crippen LogP contribution in [0.25, 0.3) is 50.6 Å². The van der Waals surface area contributed by atoms with Gasteiger partial charge in [0.15, 0.2) is 5.84 Å². The van der Waals surface area contributed by atoms with E-state index in [4.69, 9.17) is 15.0 Å². The van der Waals surface area contributed by atoms with Crippen molar-refractivity contribution < 1.29 is 0 Å². The van der Waals surface area contributed by atoms with Crippen molar-refractivity contribution in [1.82, 2.24) is 20.3 Å². The SMILES string of the molecule is C1=C\C2(c3ccc(C4N=C(c5ccccc5)N=C(c5ccccc5)N4)cc3S/C=C/C(c3ccc(-c4cc(-c5ccccn5)nc(-c5ccccn5)c4)cc3)=C\1)c1ccccc1-c1ccccc12. The van der Waals surface area contributed by atoms with Gasteiger partial charge in [0, 0.05) is 28.4 Å². The number of hydrogen-bond donors (Lipinski definition) is 1. The minimum Gasteiger partial charge on any atom is -0.344 e. The number of benzene rings is 6. The lowest BCUT2D eigenvalue weighted by atomic mass is 9.72. The summed E-state index contributed by atoms with van der Waals surface area (Å²) in [5, 5.41) is 5.93. The smallest absolute Gasteiger partial charge is 0.159 e. The Morgan fingerprint density at radius 2 is 1.09 bits per heavy atom. The molecule has 5 heterocycles. The molecule has 6 nitrogen and oxygen atoms in total. The van der Waals surface area contributed by atoms with Crippen molar-refractivity contribution in [3.63, 3.8) is 0 Å². The van der Waals surface area contributed by atoms with E-state index in [2.05, 4.69) is 172 Å². The van der Waals surface area contributed by atoms with E-state index in [0.717, 1.165) is 72.5 Å². The summed E-state index contributed by atoms with van der Waals surface area (Å²) in [4.78, 5) is 25.7. The van der Waals surface area contributed by atoms with Crippen molar-refractivity contribution in [3.8, 4) is 45.0 Å². The van der Waals surface area contributed by atoms with Crippen LogP contribution in [0.1, 0.15) is 45.1 Å². The minimum absolute atomic E-state index is 0.368. The fourth-order valence-corrected chi connectivity index (χ4v) is 10.5. The fourth-order valence-electron chi connectivity index (χ4n) is 9.61. The highest BCUT2D eigenvalue weighted by Gasteiger charge is 2.44. The first kappa shape index (κ1) is 40.9. The Balaban J connectivity index is 0.956.